The Hall–Kier alpha value is -1.85. The van der Waals surface area contributed by atoms with E-state index in [1.165, 1.54) is 0 Å². The van der Waals surface area contributed by atoms with E-state index in [4.69, 9.17) is 4.74 Å². The Morgan fingerprint density at radius 2 is 1.83 bits per heavy atom. The molecule has 23 heavy (non-hydrogen) atoms. The van der Waals surface area contributed by atoms with Crippen LogP contribution in [0.25, 0.3) is 0 Å². The third kappa shape index (κ3) is 5.69. The maximum Gasteiger partial charge on any atom is 0.251 e. The van der Waals surface area contributed by atoms with E-state index in [1.807, 2.05) is 67.5 Å². The predicted octanol–water partition coefficient (Wildman–Crippen LogP) is 3.32. The number of hydrogen-bond donors (Lipinski definition) is 1. The van der Waals surface area contributed by atoms with Crippen molar-refractivity contribution in [3.8, 4) is 5.75 Å². The molecule has 0 atom stereocenters. The van der Waals surface area contributed by atoms with Crippen LogP contribution in [0.2, 0.25) is 0 Å². The van der Waals surface area contributed by atoms with Crippen molar-refractivity contribution < 1.29 is 9.53 Å². The lowest BCUT2D eigenvalue weighted by Gasteiger charge is -2.11. The van der Waals surface area contributed by atoms with Gasteiger partial charge >= 0.3 is 0 Å². The number of carbonyl (C=O) groups excluding carboxylic acids is 1. The fraction of sp³-hybridized carbons (Fsp3) is 0.278. The van der Waals surface area contributed by atoms with E-state index in [9.17, 15) is 4.79 Å². The molecule has 1 N–H and O–H groups in total. The Bertz CT molecular complexity index is 642. The summed E-state index contributed by atoms with van der Waals surface area (Å²) in [5.74, 6) is 0.753. The highest BCUT2D eigenvalue weighted by molar-refractivity contribution is 9.10. The maximum atomic E-state index is 12.0. The summed E-state index contributed by atoms with van der Waals surface area (Å²) in [7, 11) is 3.96. The van der Waals surface area contributed by atoms with Gasteiger partial charge in [0.1, 0.15) is 12.4 Å². The van der Waals surface area contributed by atoms with Crippen molar-refractivity contribution >= 4 is 21.8 Å². The van der Waals surface area contributed by atoms with Crippen LogP contribution in [0.1, 0.15) is 15.9 Å². The Morgan fingerprint density at radius 1 is 1.13 bits per heavy atom. The fourth-order valence-corrected chi connectivity index (χ4v) is 2.37. The Labute approximate surface area is 145 Å². The van der Waals surface area contributed by atoms with Crippen LogP contribution in [-0.2, 0) is 6.61 Å². The zero-order chi connectivity index (χ0) is 16.7. The average molecular weight is 377 g/mol. The van der Waals surface area contributed by atoms with Crippen molar-refractivity contribution in [2.45, 2.75) is 6.61 Å². The number of para-hydroxylation sites is 1. The summed E-state index contributed by atoms with van der Waals surface area (Å²) >= 11 is 3.45. The molecule has 4 nitrogen and oxygen atoms in total. The number of ether oxygens (including phenoxy) is 1. The number of carbonyl (C=O) groups is 1. The summed E-state index contributed by atoms with van der Waals surface area (Å²) in [6, 6.07) is 15.2. The van der Waals surface area contributed by atoms with E-state index >= 15 is 0 Å². The first-order valence-electron chi connectivity index (χ1n) is 7.45. The SMILES string of the molecule is CN(C)CCNC(=O)c1ccc(COc2ccccc2Br)cc1. The van der Waals surface area contributed by atoms with Gasteiger partial charge in [-0.05, 0) is 59.9 Å². The Balaban J connectivity index is 1.87. The molecule has 0 aliphatic heterocycles. The van der Waals surface area contributed by atoms with E-state index < -0.39 is 0 Å². The average Bonchev–Trinajstić information content (AvgIpc) is 2.54. The molecule has 0 heterocycles. The van der Waals surface area contributed by atoms with Gasteiger partial charge < -0.3 is 15.0 Å². The van der Waals surface area contributed by atoms with Crippen molar-refractivity contribution in [2.24, 2.45) is 0 Å². The zero-order valence-corrected chi connectivity index (χ0v) is 15.0. The van der Waals surface area contributed by atoms with E-state index in [-0.39, 0.29) is 5.91 Å². The van der Waals surface area contributed by atoms with Gasteiger partial charge in [0.2, 0.25) is 0 Å². The molecule has 5 heteroatoms. The molecule has 1 amide bonds. The van der Waals surface area contributed by atoms with E-state index in [0.717, 1.165) is 22.3 Å². The first-order chi connectivity index (χ1) is 11.1. The lowest BCUT2D eigenvalue weighted by molar-refractivity contribution is 0.0951. The molecule has 2 aromatic carbocycles. The minimum Gasteiger partial charge on any atom is -0.488 e. The number of rotatable bonds is 7. The van der Waals surface area contributed by atoms with Crippen LogP contribution in [0.5, 0.6) is 5.75 Å². The van der Waals surface area contributed by atoms with Gasteiger partial charge in [-0.25, -0.2) is 0 Å². The molecular weight excluding hydrogens is 356 g/mol. The lowest BCUT2D eigenvalue weighted by atomic mass is 10.1. The predicted molar refractivity (Wildman–Crippen MR) is 95.8 cm³/mol. The Morgan fingerprint density at radius 3 is 2.48 bits per heavy atom. The molecule has 0 radical (unpaired) electrons. The monoisotopic (exact) mass is 376 g/mol. The van der Waals surface area contributed by atoms with Gasteiger partial charge in [-0.1, -0.05) is 24.3 Å². The van der Waals surface area contributed by atoms with Crippen LogP contribution in [-0.4, -0.2) is 38.0 Å². The van der Waals surface area contributed by atoms with Crippen molar-refractivity contribution in [3.05, 3.63) is 64.1 Å². The number of nitrogens with zero attached hydrogens (tertiary/aromatic N) is 1. The van der Waals surface area contributed by atoms with Crippen LogP contribution in [0.3, 0.4) is 0 Å². The molecule has 0 aromatic heterocycles. The molecule has 0 spiro atoms. The number of nitrogens with one attached hydrogen (secondary N) is 1. The maximum absolute atomic E-state index is 12.0. The van der Waals surface area contributed by atoms with Crippen LogP contribution < -0.4 is 10.1 Å². The van der Waals surface area contributed by atoms with Gasteiger partial charge in [0.25, 0.3) is 5.91 Å². The van der Waals surface area contributed by atoms with Crippen LogP contribution in [0.15, 0.2) is 53.0 Å². The number of benzene rings is 2. The van der Waals surface area contributed by atoms with Crippen LogP contribution >= 0.6 is 15.9 Å². The van der Waals surface area contributed by atoms with Crippen molar-refractivity contribution in [3.63, 3.8) is 0 Å². The summed E-state index contributed by atoms with van der Waals surface area (Å²) in [6.07, 6.45) is 0. The summed E-state index contributed by atoms with van der Waals surface area (Å²) < 4.78 is 6.69. The van der Waals surface area contributed by atoms with Gasteiger partial charge in [0.15, 0.2) is 0 Å². The lowest BCUT2D eigenvalue weighted by Crippen LogP contribution is -2.31. The minimum absolute atomic E-state index is 0.0508. The van der Waals surface area contributed by atoms with Crippen molar-refractivity contribution in [2.75, 3.05) is 27.2 Å². The molecular formula is C18H21BrN2O2. The van der Waals surface area contributed by atoms with Gasteiger partial charge in [-0.2, -0.15) is 0 Å². The number of likely N-dealkylation sites (N-methyl/N-ethyl adjacent to an activating group) is 1. The normalized spacial score (nSPS) is 10.6. The molecule has 0 fully saturated rings. The molecule has 0 aliphatic rings. The topological polar surface area (TPSA) is 41.6 Å². The molecule has 0 saturated heterocycles. The second-order valence-corrected chi connectivity index (χ2v) is 6.33. The van der Waals surface area contributed by atoms with Crippen molar-refractivity contribution in [1.29, 1.82) is 0 Å². The van der Waals surface area contributed by atoms with Gasteiger partial charge in [-0.3, -0.25) is 4.79 Å². The molecule has 0 saturated carbocycles. The molecule has 0 unspecified atom stereocenters. The number of hydrogen-bond acceptors (Lipinski definition) is 3. The smallest absolute Gasteiger partial charge is 0.251 e. The highest BCUT2D eigenvalue weighted by Crippen LogP contribution is 2.24. The van der Waals surface area contributed by atoms with Gasteiger partial charge in [0.05, 0.1) is 4.47 Å². The first-order valence-corrected chi connectivity index (χ1v) is 8.25. The molecule has 2 rings (SSSR count). The summed E-state index contributed by atoms with van der Waals surface area (Å²) in [4.78, 5) is 14.0. The van der Waals surface area contributed by atoms with E-state index in [0.29, 0.717) is 18.7 Å². The number of halogens is 1. The third-order valence-corrected chi connectivity index (χ3v) is 3.95. The summed E-state index contributed by atoms with van der Waals surface area (Å²) in [5, 5.41) is 2.90. The minimum atomic E-state index is -0.0508. The highest BCUT2D eigenvalue weighted by atomic mass is 79.9. The van der Waals surface area contributed by atoms with E-state index in [1.54, 1.807) is 0 Å². The van der Waals surface area contributed by atoms with E-state index in [2.05, 4.69) is 21.2 Å². The zero-order valence-electron chi connectivity index (χ0n) is 13.4. The van der Waals surface area contributed by atoms with Crippen LogP contribution in [0.4, 0.5) is 0 Å². The first kappa shape index (κ1) is 17.5. The largest absolute Gasteiger partial charge is 0.488 e. The standard InChI is InChI=1S/C18H21BrN2O2/c1-21(2)12-11-20-18(22)15-9-7-14(8-10-15)13-23-17-6-4-3-5-16(17)19/h3-10H,11-13H2,1-2H3,(H,20,22). The Kier molecular flexibility index (Phi) is 6.62. The van der Waals surface area contributed by atoms with Crippen molar-refractivity contribution in [1.82, 2.24) is 10.2 Å². The van der Waals surface area contributed by atoms with Crippen LogP contribution in [0, 0.1) is 0 Å². The quantitative estimate of drug-likeness (QED) is 0.805. The third-order valence-electron chi connectivity index (χ3n) is 3.29. The highest BCUT2D eigenvalue weighted by Gasteiger charge is 2.05. The fourth-order valence-electron chi connectivity index (χ4n) is 1.97. The van der Waals surface area contributed by atoms with Gasteiger partial charge in [-0.15, -0.1) is 0 Å². The molecule has 122 valence electrons. The second-order valence-electron chi connectivity index (χ2n) is 5.48. The summed E-state index contributed by atoms with van der Waals surface area (Å²) in [5.41, 5.74) is 1.68. The number of amides is 1. The molecule has 0 bridgehead atoms. The summed E-state index contributed by atoms with van der Waals surface area (Å²) in [6.45, 7) is 1.92. The molecule has 0 aliphatic carbocycles. The second kappa shape index (κ2) is 8.70. The van der Waals surface area contributed by atoms with Gasteiger partial charge in [0, 0.05) is 18.7 Å². The molecule has 2 aromatic rings.